The number of aryl methyl sites for hydroxylation is 1. The second kappa shape index (κ2) is 6.92. The Hall–Kier alpha value is -0.880. The van der Waals surface area contributed by atoms with Crippen molar-refractivity contribution in [3.63, 3.8) is 0 Å². The number of rotatable bonds is 7. The van der Waals surface area contributed by atoms with Gasteiger partial charge in [-0.1, -0.05) is 20.3 Å². The van der Waals surface area contributed by atoms with Crippen LogP contribution < -0.4 is 9.79 Å². The van der Waals surface area contributed by atoms with E-state index in [1.165, 1.54) is 4.52 Å². The largest absolute Gasteiger partial charge is 0.810 e. The van der Waals surface area contributed by atoms with Crippen molar-refractivity contribution in [3.8, 4) is 0 Å². The summed E-state index contributed by atoms with van der Waals surface area (Å²) in [5.74, 6) is 0.536. The zero-order valence-electron chi connectivity index (χ0n) is 12.1. The molecule has 0 bridgehead atoms. The van der Waals surface area contributed by atoms with Gasteiger partial charge in [-0.2, -0.15) is 5.10 Å². The predicted molar refractivity (Wildman–Crippen MR) is 80.1 cm³/mol. The van der Waals surface area contributed by atoms with Crippen LogP contribution in [0.3, 0.4) is 0 Å². The third kappa shape index (κ3) is 3.86. The van der Waals surface area contributed by atoms with Crippen molar-refractivity contribution >= 4 is 25.0 Å². The fourth-order valence-electron chi connectivity index (χ4n) is 2.15. The van der Waals surface area contributed by atoms with E-state index in [-0.39, 0.29) is 0 Å². The molecule has 2 heterocycles. The second-order valence-corrected chi connectivity index (χ2v) is 8.05. The van der Waals surface area contributed by atoms with Gasteiger partial charge in [-0.15, -0.1) is 11.8 Å². The zero-order chi connectivity index (χ0) is 15.5. The lowest BCUT2D eigenvalue weighted by Gasteiger charge is -2.37. The summed E-state index contributed by atoms with van der Waals surface area (Å²) in [6, 6.07) is 3.42. The highest BCUT2D eigenvalue weighted by Gasteiger charge is 2.20. The standard InChI is InChI=1S/C13H20N3O3PS/c1-3-5-6-10-9-11(13(21-4-2)20(17,18)19)16-12(15-10)7-8-14-16/h7-9,13H,3-6H2,1-2H3,(H2,17,18,19)/p-2. The third-order valence-corrected chi connectivity index (χ3v) is 6.04. The van der Waals surface area contributed by atoms with Gasteiger partial charge in [-0.3, -0.25) is 0 Å². The molecule has 0 amide bonds. The number of nitrogens with zero attached hydrogens (tertiary/aromatic N) is 3. The molecule has 0 aliphatic carbocycles. The molecular weight excluding hydrogens is 309 g/mol. The van der Waals surface area contributed by atoms with E-state index in [2.05, 4.69) is 17.0 Å². The fraction of sp³-hybridized carbons (Fsp3) is 0.538. The minimum atomic E-state index is -4.77. The van der Waals surface area contributed by atoms with Crippen LogP contribution >= 0.6 is 19.4 Å². The molecule has 0 fully saturated rings. The van der Waals surface area contributed by atoms with Crippen molar-refractivity contribution in [2.24, 2.45) is 0 Å². The molecule has 0 aliphatic heterocycles. The van der Waals surface area contributed by atoms with Crippen LogP contribution in [0.1, 0.15) is 43.1 Å². The summed E-state index contributed by atoms with van der Waals surface area (Å²) in [4.78, 5) is 26.5. The van der Waals surface area contributed by atoms with Gasteiger partial charge in [0.15, 0.2) is 5.65 Å². The van der Waals surface area contributed by atoms with Crippen LogP contribution in [0.5, 0.6) is 0 Å². The number of unbranched alkanes of at least 4 members (excludes halogenated alkanes) is 1. The summed E-state index contributed by atoms with van der Waals surface area (Å²) in [6.07, 6.45) is 4.31. The van der Waals surface area contributed by atoms with E-state index >= 15 is 0 Å². The number of hydrogen-bond donors (Lipinski definition) is 0. The van der Waals surface area contributed by atoms with Gasteiger partial charge in [0.1, 0.15) is 0 Å². The summed E-state index contributed by atoms with van der Waals surface area (Å²) in [5, 5.41) is 4.10. The number of aromatic nitrogens is 3. The summed E-state index contributed by atoms with van der Waals surface area (Å²) in [7, 11) is -4.77. The molecule has 0 aliphatic rings. The molecule has 2 rings (SSSR count). The van der Waals surface area contributed by atoms with Gasteiger partial charge in [0.2, 0.25) is 0 Å². The molecule has 0 saturated carbocycles. The first-order valence-corrected chi connectivity index (χ1v) is 9.60. The lowest BCUT2D eigenvalue weighted by molar-refractivity contribution is -0.314. The summed E-state index contributed by atoms with van der Waals surface area (Å²) < 4.78 is 13.1. The monoisotopic (exact) mass is 327 g/mol. The van der Waals surface area contributed by atoms with E-state index < -0.39 is 12.6 Å². The van der Waals surface area contributed by atoms with Crippen LogP contribution in [0, 0.1) is 0 Å². The molecular formula is C13H18N3O3PS-2. The quantitative estimate of drug-likeness (QED) is 0.719. The van der Waals surface area contributed by atoms with E-state index in [1.807, 2.05) is 6.92 Å². The summed E-state index contributed by atoms with van der Waals surface area (Å²) >= 11 is 1.11. The van der Waals surface area contributed by atoms with Crippen molar-refractivity contribution in [1.29, 1.82) is 0 Å². The lowest BCUT2D eigenvalue weighted by atomic mass is 10.2. The van der Waals surface area contributed by atoms with E-state index in [1.54, 1.807) is 18.3 Å². The van der Waals surface area contributed by atoms with E-state index in [0.717, 1.165) is 36.7 Å². The smallest absolute Gasteiger partial charge is 0.155 e. The molecule has 2 aromatic rings. The van der Waals surface area contributed by atoms with Gasteiger partial charge in [-0.05, 0) is 32.3 Å². The Labute approximate surface area is 128 Å². The van der Waals surface area contributed by atoms with Crippen LogP contribution in [0.2, 0.25) is 0 Å². The average molecular weight is 327 g/mol. The molecule has 1 atom stereocenters. The maximum Gasteiger partial charge on any atom is 0.155 e. The van der Waals surface area contributed by atoms with Crippen LogP contribution in [0.25, 0.3) is 5.65 Å². The van der Waals surface area contributed by atoms with Crippen molar-refractivity contribution in [2.45, 2.75) is 38.1 Å². The molecule has 116 valence electrons. The van der Waals surface area contributed by atoms with Crippen LogP contribution in [0.4, 0.5) is 0 Å². The Morgan fingerprint density at radius 3 is 2.81 bits per heavy atom. The summed E-state index contributed by atoms with van der Waals surface area (Å²) in [6.45, 7) is 3.91. The van der Waals surface area contributed by atoms with Gasteiger partial charge >= 0.3 is 0 Å². The minimum absolute atomic E-state index is 0.399. The van der Waals surface area contributed by atoms with Gasteiger partial charge in [0.05, 0.1) is 16.9 Å². The molecule has 0 radical (unpaired) electrons. The molecule has 8 heteroatoms. The number of hydrogen-bond acceptors (Lipinski definition) is 6. The molecule has 0 N–H and O–H groups in total. The highest BCUT2D eigenvalue weighted by atomic mass is 32.2. The highest BCUT2D eigenvalue weighted by Crippen LogP contribution is 2.51. The van der Waals surface area contributed by atoms with E-state index in [4.69, 9.17) is 0 Å². The van der Waals surface area contributed by atoms with Crippen LogP contribution in [-0.2, 0) is 11.0 Å². The van der Waals surface area contributed by atoms with Crippen LogP contribution in [0.15, 0.2) is 18.3 Å². The third-order valence-electron chi connectivity index (χ3n) is 3.09. The van der Waals surface area contributed by atoms with Gasteiger partial charge in [-0.25, -0.2) is 9.50 Å². The Bertz CT molecular complexity index is 655. The fourth-order valence-corrected chi connectivity index (χ4v) is 4.49. The normalized spacial score (nSPS) is 13.7. The topological polar surface area (TPSA) is 93.4 Å². The van der Waals surface area contributed by atoms with Gasteiger partial charge < -0.3 is 14.4 Å². The first-order valence-electron chi connectivity index (χ1n) is 6.94. The molecule has 0 spiro atoms. The maximum absolute atomic E-state index is 11.6. The van der Waals surface area contributed by atoms with Crippen molar-refractivity contribution < 1.29 is 14.4 Å². The van der Waals surface area contributed by atoms with E-state index in [0.29, 0.717) is 17.1 Å². The maximum atomic E-state index is 11.6. The van der Waals surface area contributed by atoms with Crippen molar-refractivity contribution in [2.75, 3.05) is 5.75 Å². The Morgan fingerprint density at radius 1 is 1.43 bits per heavy atom. The molecule has 0 saturated heterocycles. The Kier molecular flexibility index (Phi) is 5.43. The predicted octanol–water partition coefficient (Wildman–Crippen LogP) is 1.74. The molecule has 1 unspecified atom stereocenters. The molecule has 6 nitrogen and oxygen atoms in total. The van der Waals surface area contributed by atoms with Crippen molar-refractivity contribution in [1.82, 2.24) is 14.6 Å². The molecule has 21 heavy (non-hydrogen) atoms. The molecule has 0 aromatic carbocycles. The molecule has 2 aromatic heterocycles. The van der Waals surface area contributed by atoms with Gasteiger partial charge in [0.25, 0.3) is 0 Å². The summed E-state index contributed by atoms with van der Waals surface area (Å²) in [5.41, 5.74) is 1.78. The van der Waals surface area contributed by atoms with Gasteiger partial charge in [0, 0.05) is 11.8 Å². The van der Waals surface area contributed by atoms with Crippen molar-refractivity contribution in [3.05, 3.63) is 29.7 Å². The minimum Gasteiger partial charge on any atom is -0.810 e. The highest BCUT2D eigenvalue weighted by molar-refractivity contribution is 8.04. The average Bonchev–Trinajstić information content (AvgIpc) is 2.88. The zero-order valence-corrected chi connectivity index (χ0v) is 13.8. The first kappa shape index (κ1) is 16.5. The second-order valence-electron chi connectivity index (χ2n) is 4.72. The Morgan fingerprint density at radius 2 is 2.19 bits per heavy atom. The number of thioether (sulfide) groups is 1. The number of fused-ring (bicyclic) bond motifs is 1. The van der Waals surface area contributed by atoms with E-state index in [9.17, 15) is 14.4 Å². The first-order chi connectivity index (χ1) is 9.97. The van der Waals surface area contributed by atoms with Crippen LogP contribution in [-0.4, -0.2) is 20.4 Å². The Balaban J connectivity index is 2.53. The lowest BCUT2D eigenvalue weighted by Crippen LogP contribution is -2.21. The SMILES string of the molecule is CCCCc1cc(C(SCC)P(=O)([O-])[O-])n2nccc2n1.